The maximum absolute atomic E-state index is 13.3. The minimum atomic E-state index is -0.194. The van der Waals surface area contributed by atoms with Gasteiger partial charge in [-0.05, 0) is 83.6 Å². The van der Waals surface area contributed by atoms with Crippen molar-refractivity contribution in [3.63, 3.8) is 0 Å². The molecule has 2 rings (SSSR count). The molecule has 106 valence electrons. The lowest BCUT2D eigenvalue weighted by molar-refractivity contribution is 0.153. The van der Waals surface area contributed by atoms with Crippen molar-refractivity contribution in [3.05, 3.63) is 34.1 Å². The molecule has 1 aliphatic carbocycles. The predicted octanol–water partition coefficient (Wildman–Crippen LogP) is 4.68. The first kappa shape index (κ1) is 15.0. The Morgan fingerprint density at radius 1 is 1.37 bits per heavy atom. The molecular weight excluding hydrogens is 305 g/mol. The summed E-state index contributed by atoms with van der Waals surface area (Å²) in [5, 5.41) is 0. The Balaban J connectivity index is 2.08. The van der Waals surface area contributed by atoms with E-state index in [-0.39, 0.29) is 11.2 Å². The Labute approximate surface area is 123 Å². The van der Waals surface area contributed by atoms with E-state index in [9.17, 15) is 4.39 Å². The van der Waals surface area contributed by atoms with Crippen molar-refractivity contribution in [1.82, 2.24) is 0 Å². The Kier molecular flexibility index (Phi) is 5.02. The quantitative estimate of drug-likeness (QED) is 0.853. The van der Waals surface area contributed by atoms with Gasteiger partial charge in [-0.1, -0.05) is 19.4 Å². The van der Waals surface area contributed by atoms with Gasteiger partial charge in [0.15, 0.2) is 0 Å². The highest BCUT2D eigenvalue weighted by Crippen LogP contribution is 2.42. The highest BCUT2D eigenvalue weighted by molar-refractivity contribution is 9.10. The van der Waals surface area contributed by atoms with E-state index in [1.807, 2.05) is 12.1 Å². The van der Waals surface area contributed by atoms with E-state index in [1.165, 1.54) is 37.7 Å². The molecule has 0 spiro atoms. The lowest BCUT2D eigenvalue weighted by atomic mass is 9.67. The van der Waals surface area contributed by atoms with Crippen molar-refractivity contribution in [3.8, 4) is 0 Å². The smallest absolute Gasteiger partial charge is 0.137 e. The van der Waals surface area contributed by atoms with Crippen molar-refractivity contribution >= 4 is 15.9 Å². The molecule has 0 bridgehead atoms. The van der Waals surface area contributed by atoms with Crippen LogP contribution in [0.15, 0.2) is 22.7 Å². The van der Waals surface area contributed by atoms with Crippen LogP contribution in [0.4, 0.5) is 4.39 Å². The SMILES string of the molecule is CCC1CCC(CN)(Cc2ccc(F)c(Br)c2)CC1. The lowest BCUT2D eigenvalue weighted by Crippen LogP contribution is -2.36. The van der Waals surface area contributed by atoms with Crippen molar-refractivity contribution in [2.45, 2.75) is 45.4 Å². The van der Waals surface area contributed by atoms with Crippen LogP contribution in [0.2, 0.25) is 0 Å². The lowest BCUT2D eigenvalue weighted by Gasteiger charge is -2.39. The van der Waals surface area contributed by atoms with Crippen LogP contribution in [-0.4, -0.2) is 6.54 Å². The average molecular weight is 328 g/mol. The fourth-order valence-corrected chi connectivity index (χ4v) is 3.66. The number of halogens is 2. The Morgan fingerprint density at radius 3 is 2.58 bits per heavy atom. The summed E-state index contributed by atoms with van der Waals surface area (Å²) in [7, 11) is 0. The van der Waals surface area contributed by atoms with Gasteiger partial charge in [0.1, 0.15) is 5.82 Å². The minimum Gasteiger partial charge on any atom is -0.330 e. The van der Waals surface area contributed by atoms with Gasteiger partial charge in [-0.2, -0.15) is 0 Å². The third-order valence-corrected chi connectivity index (χ3v) is 5.35. The Morgan fingerprint density at radius 2 is 2.05 bits per heavy atom. The van der Waals surface area contributed by atoms with E-state index in [0.29, 0.717) is 4.47 Å². The number of hydrogen-bond donors (Lipinski definition) is 1. The van der Waals surface area contributed by atoms with Gasteiger partial charge >= 0.3 is 0 Å². The Hall–Kier alpha value is -0.410. The van der Waals surface area contributed by atoms with Gasteiger partial charge in [-0.15, -0.1) is 0 Å². The summed E-state index contributed by atoms with van der Waals surface area (Å²) in [6.07, 6.45) is 7.24. The first-order chi connectivity index (χ1) is 9.08. The molecule has 1 nitrogen and oxygen atoms in total. The fraction of sp³-hybridized carbons (Fsp3) is 0.625. The topological polar surface area (TPSA) is 26.0 Å². The molecule has 3 heteroatoms. The molecule has 1 fully saturated rings. The van der Waals surface area contributed by atoms with Crippen LogP contribution in [0.5, 0.6) is 0 Å². The molecule has 0 radical (unpaired) electrons. The standard InChI is InChI=1S/C16H23BrFN/c1-2-12-5-7-16(11-19,8-6-12)10-13-3-4-15(18)14(17)9-13/h3-4,9,12H,2,5-8,10-11,19H2,1H3. The van der Waals surface area contributed by atoms with Gasteiger partial charge in [0.05, 0.1) is 4.47 Å². The molecule has 1 aromatic carbocycles. The molecule has 2 N–H and O–H groups in total. The van der Waals surface area contributed by atoms with E-state index in [0.717, 1.165) is 18.9 Å². The number of benzene rings is 1. The molecular formula is C16H23BrFN. The maximum Gasteiger partial charge on any atom is 0.137 e. The van der Waals surface area contributed by atoms with Crippen molar-refractivity contribution in [1.29, 1.82) is 0 Å². The van der Waals surface area contributed by atoms with Crippen LogP contribution in [0, 0.1) is 17.2 Å². The summed E-state index contributed by atoms with van der Waals surface area (Å²) < 4.78 is 13.8. The zero-order valence-corrected chi connectivity index (χ0v) is 13.2. The highest BCUT2D eigenvalue weighted by Gasteiger charge is 2.33. The molecule has 0 amide bonds. The van der Waals surface area contributed by atoms with Crippen LogP contribution in [0.3, 0.4) is 0 Å². The van der Waals surface area contributed by atoms with Crippen LogP contribution < -0.4 is 5.73 Å². The zero-order valence-electron chi connectivity index (χ0n) is 11.6. The van der Waals surface area contributed by atoms with Crippen molar-refractivity contribution in [2.75, 3.05) is 6.54 Å². The Bertz CT molecular complexity index is 425. The summed E-state index contributed by atoms with van der Waals surface area (Å²) >= 11 is 3.26. The number of hydrogen-bond acceptors (Lipinski definition) is 1. The molecule has 0 unspecified atom stereocenters. The summed E-state index contributed by atoms with van der Waals surface area (Å²) in [6.45, 7) is 3.01. The molecule has 1 saturated carbocycles. The maximum atomic E-state index is 13.3. The van der Waals surface area contributed by atoms with E-state index in [2.05, 4.69) is 22.9 Å². The third-order valence-electron chi connectivity index (χ3n) is 4.74. The number of rotatable bonds is 4. The van der Waals surface area contributed by atoms with Gasteiger partial charge in [0.2, 0.25) is 0 Å². The van der Waals surface area contributed by atoms with Crippen LogP contribution in [-0.2, 0) is 6.42 Å². The van der Waals surface area contributed by atoms with Gasteiger partial charge < -0.3 is 5.73 Å². The van der Waals surface area contributed by atoms with E-state index in [1.54, 1.807) is 6.07 Å². The van der Waals surface area contributed by atoms with Gasteiger partial charge in [-0.25, -0.2) is 4.39 Å². The van der Waals surface area contributed by atoms with Gasteiger partial charge in [-0.3, -0.25) is 0 Å². The molecule has 0 heterocycles. The molecule has 1 aromatic rings. The average Bonchev–Trinajstić information content (AvgIpc) is 2.44. The molecule has 0 saturated heterocycles. The van der Waals surface area contributed by atoms with E-state index in [4.69, 9.17) is 5.73 Å². The molecule has 1 aliphatic rings. The van der Waals surface area contributed by atoms with Crippen molar-refractivity contribution in [2.24, 2.45) is 17.1 Å². The second kappa shape index (κ2) is 6.36. The third kappa shape index (κ3) is 3.57. The van der Waals surface area contributed by atoms with E-state index >= 15 is 0 Å². The summed E-state index contributed by atoms with van der Waals surface area (Å²) in [5.74, 6) is 0.680. The second-order valence-electron chi connectivity index (χ2n) is 5.98. The predicted molar refractivity (Wildman–Crippen MR) is 81.5 cm³/mol. The van der Waals surface area contributed by atoms with E-state index < -0.39 is 0 Å². The molecule has 0 atom stereocenters. The highest BCUT2D eigenvalue weighted by atomic mass is 79.9. The summed E-state index contributed by atoms with van der Waals surface area (Å²) in [5.41, 5.74) is 7.47. The van der Waals surface area contributed by atoms with Crippen LogP contribution in [0.1, 0.15) is 44.6 Å². The first-order valence-corrected chi connectivity index (χ1v) is 8.02. The fourth-order valence-electron chi connectivity index (χ4n) is 3.23. The molecule has 0 aliphatic heterocycles. The molecule has 0 aromatic heterocycles. The largest absolute Gasteiger partial charge is 0.330 e. The van der Waals surface area contributed by atoms with Crippen LogP contribution in [0.25, 0.3) is 0 Å². The summed E-state index contributed by atoms with van der Waals surface area (Å²) in [6, 6.07) is 5.34. The second-order valence-corrected chi connectivity index (χ2v) is 6.84. The molecule has 19 heavy (non-hydrogen) atoms. The van der Waals surface area contributed by atoms with Gasteiger partial charge in [0.25, 0.3) is 0 Å². The van der Waals surface area contributed by atoms with Crippen LogP contribution >= 0.6 is 15.9 Å². The monoisotopic (exact) mass is 327 g/mol. The first-order valence-electron chi connectivity index (χ1n) is 7.22. The van der Waals surface area contributed by atoms with Crippen molar-refractivity contribution < 1.29 is 4.39 Å². The minimum absolute atomic E-state index is 0.194. The zero-order chi connectivity index (χ0) is 13.9. The summed E-state index contributed by atoms with van der Waals surface area (Å²) in [4.78, 5) is 0. The normalized spacial score (nSPS) is 27.5. The number of nitrogens with two attached hydrogens (primary N) is 1. The van der Waals surface area contributed by atoms with Gasteiger partial charge in [0, 0.05) is 0 Å².